The minimum atomic E-state index is -0.0298. The molecule has 0 spiro atoms. The maximum atomic E-state index is 12.3. The second-order valence-electron chi connectivity index (χ2n) is 7.93. The minimum Gasteiger partial charge on any atom is -0.497 e. The molecule has 2 rings (SSSR count). The molecule has 1 amide bonds. The predicted octanol–water partition coefficient (Wildman–Crippen LogP) is 3.33. The number of amides is 1. The topological polar surface area (TPSA) is 84.0 Å². The van der Waals surface area contributed by atoms with Crippen LogP contribution in [0.15, 0.2) is 29.3 Å². The number of carbonyl (C=O) groups is 1. The number of halogens is 1. The van der Waals surface area contributed by atoms with Crippen molar-refractivity contribution in [3.05, 3.63) is 24.3 Å². The first-order valence-electron chi connectivity index (χ1n) is 10.5. The highest BCUT2D eigenvalue weighted by molar-refractivity contribution is 14.0. The summed E-state index contributed by atoms with van der Waals surface area (Å²) in [6, 6.07) is 7.98. The molecule has 1 aromatic carbocycles. The molecule has 3 N–H and O–H groups in total. The van der Waals surface area contributed by atoms with Crippen molar-refractivity contribution in [2.75, 3.05) is 20.7 Å². The van der Waals surface area contributed by atoms with Crippen molar-refractivity contribution in [3.63, 3.8) is 0 Å². The predicted molar refractivity (Wildman–Crippen MR) is 132 cm³/mol. The van der Waals surface area contributed by atoms with Crippen LogP contribution in [0, 0.1) is 5.92 Å². The SMILES string of the molecule is CN=C(NCC(C)Oc1ccc(OC)cc1)NC1CCCC(C(=O)NC(C)C)C1.I. The zero-order valence-electron chi connectivity index (χ0n) is 18.7. The monoisotopic (exact) mass is 532 g/mol. The minimum absolute atomic E-state index is 0. The van der Waals surface area contributed by atoms with E-state index < -0.39 is 0 Å². The average molecular weight is 532 g/mol. The van der Waals surface area contributed by atoms with E-state index in [0.717, 1.165) is 43.1 Å². The van der Waals surface area contributed by atoms with Gasteiger partial charge >= 0.3 is 0 Å². The van der Waals surface area contributed by atoms with Gasteiger partial charge in [-0.3, -0.25) is 9.79 Å². The summed E-state index contributed by atoms with van der Waals surface area (Å²) < 4.78 is 11.1. The van der Waals surface area contributed by atoms with Crippen molar-refractivity contribution in [1.82, 2.24) is 16.0 Å². The highest BCUT2D eigenvalue weighted by Crippen LogP contribution is 2.24. The lowest BCUT2D eigenvalue weighted by Crippen LogP contribution is -2.49. The molecule has 0 aliphatic heterocycles. The van der Waals surface area contributed by atoms with E-state index in [1.54, 1.807) is 14.2 Å². The molecule has 0 aromatic heterocycles. The molecular weight excluding hydrogens is 495 g/mol. The molecule has 1 aromatic rings. The molecule has 7 nitrogen and oxygen atoms in total. The fraction of sp³-hybridized carbons (Fsp3) is 0.636. The van der Waals surface area contributed by atoms with Gasteiger partial charge in [0.15, 0.2) is 5.96 Å². The van der Waals surface area contributed by atoms with Crippen LogP contribution in [-0.2, 0) is 4.79 Å². The van der Waals surface area contributed by atoms with Gasteiger partial charge < -0.3 is 25.4 Å². The molecule has 0 saturated heterocycles. The molecule has 1 fully saturated rings. The Morgan fingerprint density at radius 2 is 1.83 bits per heavy atom. The van der Waals surface area contributed by atoms with E-state index in [9.17, 15) is 4.79 Å². The average Bonchev–Trinajstić information content (AvgIpc) is 2.71. The van der Waals surface area contributed by atoms with Gasteiger partial charge in [-0.2, -0.15) is 0 Å². The van der Waals surface area contributed by atoms with Gasteiger partial charge in [-0.25, -0.2) is 0 Å². The van der Waals surface area contributed by atoms with Crippen LogP contribution in [0.1, 0.15) is 46.5 Å². The fourth-order valence-electron chi connectivity index (χ4n) is 3.52. The van der Waals surface area contributed by atoms with Crippen molar-refractivity contribution < 1.29 is 14.3 Å². The van der Waals surface area contributed by atoms with E-state index in [2.05, 4.69) is 20.9 Å². The molecule has 8 heteroatoms. The van der Waals surface area contributed by atoms with Crippen LogP contribution in [0.25, 0.3) is 0 Å². The number of carbonyl (C=O) groups excluding carboxylic acids is 1. The number of rotatable bonds is 8. The summed E-state index contributed by atoms with van der Waals surface area (Å²) in [6.07, 6.45) is 3.84. The highest BCUT2D eigenvalue weighted by Gasteiger charge is 2.28. The van der Waals surface area contributed by atoms with E-state index in [1.165, 1.54) is 0 Å². The quantitative estimate of drug-likeness (QED) is 0.272. The lowest BCUT2D eigenvalue weighted by atomic mass is 9.85. The van der Waals surface area contributed by atoms with E-state index >= 15 is 0 Å². The standard InChI is InChI=1S/C22H36N4O3.HI/c1-15(2)25-21(27)17-7-6-8-18(13-17)26-22(23-4)24-14-16(3)29-20-11-9-19(28-5)10-12-20;/h9-12,15-18H,6-8,13-14H2,1-5H3,(H,25,27)(H2,23,24,26);1H. The maximum Gasteiger partial charge on any atom is 0.223 e. The zero-order valence-corrected chi connectivity index (χ0v) is 21.1. The Balaban J connectivity index is 0.00000450. The number of methoxy groups -OCH3 is 1. The molecule has 0 radical (unpaired) electrons. The van der Waals surface area contributed by atoms with Gasteiger partial charge in [0.05, 0.1) is 13.7 Å². The summed E-state index contributed by atoms with van der Waals surface area (Å²) in [5.74, 6) is 2.58. The number of aliphatic imine (C=N–C) groups is 1. The lowest BCUT2D eigenvalue weighted by molar-refractivity contribution is -0.126. The summed E-state index contributed by atoms with van der Waals surface area (Å²) in [6.45, 7) is 6.63. The summed E-state index contributed by atoms with van der Waals surface area (Å²) >= 11 is 0. The number of hydrogen-bond acceptors (Lipinski definition) is 4. The normalized spacial score (nSPS) is 20.0. The van der Waals surface area contributed by atoms with Gasteiger partial charge in [-0.15, -0.1) is 24.0 Å². The highest BCUT2D eigenvalue weighted by atomic mass is 127. The third-order valence-electron chi connectivity index (χ3n) is 4.99. The van der Waals surface area contributed by atoms with Gasteiger partial charge in [0.1, 0.15) is 17.6 Å². The molecule has 1 aliphatic rings. The first kappa shape index (κ1) is 26.3. The first-order chi connectivity index (χ1) is 13.9. The van der Waals surface area contributed by atoms with Crippen LogP contribution in [-0.4, -0.2) is 50.8 Å². The lowest BCUT2D eigenvalue weighted by Gasteiger charge is -2.30. The Kier molecular flexibility index (Phi) is 11.9. The molecule has 3 unspecified atom stereocenters. The van der Waals surface area contributed by atoms with Crippen LogP contribution in [0.5, 0.6) is 11.5 Å². The van der Waals surface area contributed by atoms with Crippen LogP contribution < -0.4 is 25.4 Å². The Morgan fingerprint density at radius 3 is 2.43 bits per heavy atom. The molecule has 0 heterocycles. The first-order valence-corrected chi connectivity index (χ1v) is 10.5. The number of nitrogens with zero attached hydrogens (tertiary/aromatic N) is 1. The van der Waals surface area contributed by atoms with Crippen LogP contribution in [0.3, 0.4) is 0 Å². The fourth-order valence-corrected chi connectivity index (χ4v) is 3.52. The molecule has 170 valence electrons. The molecule has 0 bridgehead atoms. The van der Waals surface area contributed by atoms with Crippen LogP contribution in [0.2, 0.25) is 0 Å². The smallest absolute Gasteiger partial charge is 0.223 e. The number of ether oxygens (including phenoxy) is 2. The number of guanidine groups is 1. The molecule has 3 atom stereocenters. The summed E-state index contributed by atoms with van der Waals surface area (Å²) in [7, 11) is 3.41. The van der Waals surface area contributed by atoms with Crippen LogP contribution >= 0.6 is 24.0 Å². The van der Waals surface area contributed by atoms with Crippen molar-refractivity contribution >= 4 is 35.8 Å². The van der Waals surface area contributed by atoms with Crippen molar-refractivity contribution in [2.45, 2.75) is 64.6 Å². The molecule has 1 aliphatic carbocycles. The summed E-state index contributed by atoms with van der Waals surface area (Å²) in [5.41, 5.74) is 0. The van der Waals surface area contributed by atoms with Crippen molar-refractivity contribution in [3.8, 4) is 11.5 Å². The maximum absolute atomic E-state index is 12.3. The summed E-state index contributed by atoms with van der Waals surface area (Å²) in [4.78, 5) is 16.7. The Bertz CT molecular complexity index is 667. The second kappa shape index (κ2) is 13.6. The van der Waals surface area contributed by atoms with Gasteiger partial charge in [0, 0.05) is 25.0 Å². The summed E-state index contributed by atoms with van der Waals surface area (Å²) in [5, 5.41) is 9.82. The van der Waals surface area contributed by atoms with E-state index in [1.807, 2.05) is 45.0 Å². The van der Waals surface area contributed by atoms with E-state index in [0.29, 0.717) is 6.54 Å². The van der Waals surface area contributed by atoms with E-state index in [-0.39, 0.29) is 54.0 Å². The Labute approximate surface area is 197 Å². The number of benzene rings is 1. The number of hydrogen-bond donors (Lipinski definition) is 3. The van der Waals surface area contributed by atoms with Gasteiger partial charge in [-0.1, -0.05) is 6.42 Å². The van der Waals surface area contributed by atoms with Crippen molar-refractivity contribution in [2.24, 2.45) is 10.9 Å². The molecular formula is C22H37IN4O3. The van der Waals surface area contributed by atoms with Gasteiger partial charge in [0.2, 0.25) is 5.91 Å². The third kappa shape index (κ3) is 8.97. The largest absolute Gasteiger partial charge is 0.497 e. The Hall–Kier alpha value is -1.71. The number of nitrogens with one attached hydrogen (secondary N) is 3. The van der Waals surface area contributed by atoms with E-state index in [4.69, 9.17) is 9.47 Å². The molecule has 1 saturated carbocycles. The van der Waals surface area contributed by atoms with Gasteiger partial charge in [0.25, 0.3) is 0 Å². The Morgan fingerprint density at radius 1 is 1.17 bits per heavy atom. The molecule has 30 heavy (non-hydrogen) atoms. The zero-order chi connectivity index (χ0) is 21.2. The van der Waals surface area contributed by atoms with Crippen LogP contribution in [0.4, 0.5) is 0 Å². The van der Waals surface area contributed by atoms with Gasteiger partial charge in [-0.05, 0) is 64.3 Å². The third-order valence-corrected chi connectivity index (χ3v) is 4.99. The van der Waals surface area contributed by atoms with Crippen molar-refractivity contribution in [1.29, 1.82) is 0 Å². The second-order valence-corrected chi connectivity index (χ2v) is 7.93.